The van der Waals surface area contributed by atoms with Crippen molar-refractivity contribution in [2.75, 3.05) is 45.1 Å². The van der Waals surface area contributed by atoms with Crippen LogP contribution in [-0.4, -0.2) is 55.2 Å². The molecule has 2 N–H and O–H groups in total. The molecule has 112 valence electrons. The minimum absolute atomic E-state index is 0.670. The SMILES string of the molecule is CC(C)N1CCN(CCCOc2cccc(N)c2)CC1. The first kappa shape index (κ1) is 15.1. The van der Waals surface area contributed by atoms with E-state index in [1.807, 2.05) is 24.3 Å². The number of piperazine rings is 1. The first-order chi connectivity index (χ1) is 9.65. The Morgan fingerprint density at radius 3 is 2.60 bits per heavy atom. The summed E-state index contributed by atoms with van der Waals surface area (Å²) in [6, 6.07) is 8.31. The van der Waals surface area contributed by atoms with Gasteiger partial charge in [0.25, 0.3) is 0 Å². The first-order valence-electron chi connectivity index (χ1n) is 7.60. The van der Waals surface area contributed by atoms with E-state index in [1.165, 1.54) is 26.2 Å². The van der Waals surface area contributed by atoms with E-state index in [4.69, 9.17) is 10.5 Å². The summed E-state index contributed by atoms with van der Waals surface area (Å²) in [5.74, 6) is 0.870. The Kier molecular flexibility index (Phi) is 5.68. The fourth-order valence-electron chi connectivity index (χ4n) is 2.59. The van der Waals surface area contributed by atoms with Gasteiger partial charge in [-0.3, -0.25) is 4.90 Å². The van der Waals surface area contributed by atoms with Crippen molar-refractivity contribution in [2.45, 2.75) is 26.3 Å². The number of nitrogens with two attached hydrogens (primary N) is 1. The predicted molar refractivity (Wildman–Crippen MR) is 84.1 cm³/mol. The van der Waals surface area contributed by atoms with Gasteiger partial charge >= 0.3 is 0 Å². The molecule has 0 aromatic heterocycles. The van der Waals surface area contributed by atoms with Crippen molar-refractivity contribution >= 4 is 5.69 Å². The summed E-state index contributed by atoms with van der Waals surface area (Å²) in [4.78, 5) is 5.07. The van der Waals surface area contributed by atoms with Crippen LogP contribution in [0, 0.1) is 0 Å². The second kappa shape index (κ2) is 7.50. The topological polar surface area (TPSA) is 41.7 Å². The minimum Gasteiger partial charge on any atom is -0.493 e. The van der Waals surface area contributed by atoms with Gasteiger partial charge in [-0.25, -0.2) is 0 Å². The Labute approximate surface area is 122 Å². The largest absolute Gasteiger partial charge is 0.493 e. The number of anilines is 1. The molecule has 4 nitrogen and oxygen atoms in total. The van der Waals surface area contributed by atoms with Gasteiger partial charge in [-0.2, -0.15) is 0 Å². The number of nitrogens with zero attached hydrogens (tertiary/aromatic N) is 2. The molecule has 1 aromatic carbocycles. The zero-order valence-corrected chi connectivity index (χ0v) is 12.7. The maximum absolute atomic E-state index is 5.72. The normalized spacial score (nSPS) is 17.6. The van der Waals surface area contributed by atoms with Gasteiger partial charge < -0.3 is 15.4 Å². The molecule has 1 aromatic rings. The summed E-state index contributed by atoms with van der Waals surface area (Å²) in [5.41, 5.74) is 6.48. The molecule has 1 aliphatic rings. The van der Waals surface area contributed by atoms with Crippen molar-refractivity contribution in [2.24, 2.45) is 0 Å². The van der Waals surface area contributed by atoms with Gasteiger partial charge in [-0.05, 0) is 32.4 Å². The summed E-state index contributed by atoms with van der Waals surface area (Å²) >= 11 is 0. The Hall–Kier alpha value is -1.26. The highest BCUT2D eigenvalue weighted by Gasteiger charge is 2.17. The van der Waals surface area contributed by atoms with Gasteiger partial charge in [0, 0.05) is 50.5 Å². The molecule has 0 atom stereocenters. The van der Waals surface area contributed by atoms with Crippen molar-refractivity contribution in [1.82, 2.24) is 9.80 Å². The number of benzene rings is 1. The Bertz CT molecular complexity index is 400. The second-order valence-electron chi connectivity index (χ2n) is 5.75. The number of hydrogen-bond acceptors (Lipinski definition) is 4. The molecule has 1 aliphatic heterocycles. The van der Waals surface area contributed by atoms with Crippen LogP contribution in [0.25, 0.3) is 0 Å². The zero-order chi connectivity index (χ0) is 14.4. The molecule has 0 saturated carbocycles. The number of nitrogen functional groups attached to an aromatic ring is 1. The molecule has 2 rings (SSSR count). The summed E-state index contributed by atoms with van der Waals surface area (Å²) < 4.78 is 5.72. The van der Waals surface area contributed by atoms with Crippen LogP contribution in [0.1, 0.15) is 20.3 Å². The van der Waals surface area contributed by atoms with Gasteiger partial charge in [0.15, 0.2) is 0 Å². The minimum atomic E-state index is 0.670. The van der Waals surface area contributed by atoms with Crippen LogP contribution in [0.15, 0.2) is 24.3 Å². The molecular weight excluding hydrogens is 250 g/mol. The van der Waals surface area contributed by atoms with E-state index >= 15 is 0 Å². The van der Waals surface area contributed by atoms with Gasteiger partial charge in [0.05, 0.1) is 6.61 Å². The van der Waals surface area contributed by atoms with E-state index in [1.54, 1.807) is 0 Å². The van der Waals surface area contributed by atoms with E-state index in [0.29, 0.717) is 6.04 Å². The summed E-state index contributed by atoms with van der Waals surface area (Å²) in [6.07, 6.45) is 1.07. The number of rotatable bonds is 6. The van der Waals surface area contributed by atoms with E-state index in [0.717, 1.165) is 31.0 Å². The van der Waals surface area contributed by atoms with Crippen LogP contribution in [0.3, 0.4) is 0 Å². The van der Waals surface area contributed by atoms with Gasteiger partial charge in [0.1, 0.15) is 5.75 Å². The fourth-order valence-corrected chi connectivity index (χ4v) is 2.59. The summed E-state index contributed by atoms with van der Waals surface area (Å²) in [5, 5.41) is 0. The van der Waals surface area contributed by atoms with Gasteiger partial charge in [-0.15, -0.1) is 0 Å². The highest BCUT2D eigenvalue weighted by Crippen LogP contribution is 2.14. The Balaban J connectivity index is 1.60. The lowest BCUT2D eigenvalue weighted by Crippen LogP contribution is -2.49. The lowest BCUT2D eigenvalue weighted by Gasteiger charge is -2.36. The van der Waals surface area contributed by atoms with E-state index in [-0.39, 0.29) is 0 Å². The van der Waals surface area contributed by atoms with Crippen molar-refractivity contribution in [3.63, 3.8) is 0 Å². The van der Waals surface area contributed by atoms with Crippen LogP contribution >= 0.6 is 0 Å². The highest BCUT2D eigenvalue weighted by molar-refractivity contribution is 5.43. The molecular formula is C16H27N3O. The molecule has 1 heterocycles. The van der Waals surface area contributed by atoms with E-state index in [2.05, 4.69) is 23.6 Å². The first-order valence-corrected chi connectivity index (χ1v) is 7.60. The van der Waals surface area contributed by atoms with Crippen LogP contribution < -0.4 is 10.5 Å². The lowest BCUT2D eigenvalue weighted by atomic mass is 10.2. The third-order valence-electron chi connectivity index (χ3n) is 3.88. The van der Waals surface area contributed by atoms with E-state index in [9.17, 15) is 0 Å². The second-order valence-corrected chi connectivity index (χ2v) is 5.75. The summed E-state index contributed by atoms with van der Waals surface area (Å²) in [6.45, 7) is 11.2. The van der Waals surface area contributed by atoms with Crippen molar-refractivity contribution in [1.29, 1.82) is 0 Å². The molecule has 4 heteroatoms. The quantitative estimate of drug-likeness (QED) is 0.638. The fraction of sp³-hybridized carbons (Fsp3) is 0.625. The predicted octanol–water partition coefficient (Wildman–Crippen LogP) is 2.06. The van der Waals surface area contributed by atoms with Crippen LogP contribution in [0.2, 0.25) is 0 Å². The highest BCUT2D eigenvalue weighted by atomic mass is 16.5. The molecule has 0 radical (unpaired) electrons. The smallest absolute Gasteiger partial charge is 0.121 e. The van der Waals surface area contributed by atoms with Crippen LogP contribution in [0.4, 0.5) is 5.69 Å². The molecule has 0 aliphatic carbocycles. The Morgan fingerprint density at radius 1 is 1.20 bits per heavy atom. The van der Waals surface area contributed by atoms with Crippen LogP contribution in [-0.2, 0) is 0 Å². The molecule has 0 spiro atoms. The van der Waals surface area contributed by atoms with Crippen molar-refractivity contribution in [3.8, 4) is 5.75 Å². The molecule has 1 saturated heterocycles. The number of ether oxygens (including phenoxy) is 1. The molecule has 20 heavy (non-hydrogen) atoms. The monoisotopic (exact) mass is 277 g/mol. The zero-order valence-electron chi connectivity index (χ0n) is 12.7. The number of hydrogen-bond donors (Lipinski definition) is 1. The molecule has 1 fully saturated rings. The summed E-state index contributed by atoms with van der Waals surface area (Å²) in [7, 11) is 0. The third kappa shape index (κ3) is 4.69. The van der Waals surface area contributed by atoms with Gasteiger partial charge in [-0.1, -0.05) is 6.07 Å². The van der Waals surface area contributed by atoms with E-state index < -0.39 is 0 Å². The average molecular weight is 277 g/mol. The maximum atomic E-state index is 5.72. The maximum Gasteiger partial charge on any atom is 0.121 e. The van der Waals surface area contributed by atoms with Crippen molar-refractivity contribution in [3.05, 3.63) is 24.3 Å². The standard InChI is InChI=1S/C16H27N3O/c1-14(2)19-10-8-18(9-11-19)7-4-12-20-16-6-3-5-15(17)13-16/h3,5-6,13-14H,4,7-12,17H2,1-2H3. The molecule has 0 amide bonds. The third-order valence-corrected chi connectivity index (χ3v) is 3.88. The van der Waals surface area contributed by atoms with Crippen molar-refractivity contribution < 1.29 is 4.74 Å². The molecule has 0 bridgehead atoms. The van der Waals surface area contributed by atoms with Gasteiger partial charge in [0.2, 0.25) is 0 Å². The van der Waals surface area contributed by atoms with Crippen LogP contribution in [0.5, 0.6) is 5.75 Å². The molecule has 0 unspecified atom stereocenters. The lowest BCUT2D eigenvalue weighted by molar-refractivity contribution is 0.104. The Morgan fingerprint density at radius 2 is 1.95 bits per heavy atom. The average Bonchev–Trinajstić information content (AvgIpc) is 2.44.